The Morgan fingerprint density at radius 3 is 2.12 bits per heavy atom. The van der Waals surface area contributed by atoms with Gasteiger partial charge in [0.25, 0.3) is 5.91 Å². The van der Waals surface area contributed by atoms with Gasteiger partial charge in [-0.15, -0.1) is 0 Å². The van der Waals surface area contributed by atoms with E-state index in [1.807, 2.05) is 18.2 Å². The highest BCUT2D eigenvalue weighted by molar-refractivity contribution is 5.80. The number of piperazine rings is 1. The number of carbonyl (C=O) groups excluding carboxylic acids is 1. The molecule has 0 saturated carbocycles. The maximum absolute atomic E-state index is 12.7. The second-order valence-corrected chi connectivity index (χ2v) is 7.43. The van der Waals surface area contributed by atoms with Crippen molar-refractivity contribution in [1.29, 1.82) is 0 Å². The lowest BCUT2D eigenvalue weighted by atomic mass is 10.1. The minimum Gasteiger partial charge on any atom is -0.344 e. The zero-order valence-corrected chi connectivity index (χ0v) is 15.9. The van der Waals surface area contributed by atoms with Crippen molar-refractivity contribution in [2.45, 2.75) is 32.5 Å². The fraction of sp³-hybridized carbons (Fsp3) is 0.409. The molecule has 1 amide bonds. The van der Waals surface area contributed by atoms with Crippen LogP contribution in [0, 0.1) is 0 Å². The van der Waals surface area contributed by atoms with Gasteiger partial charge in [0.15, 0.2) is 6.04 Å². The van der Waals surface area contributed by atoms with Crippen LogP contribution in [0.2, 0.25) is 0 Å². The van der Waals surface area contributed by atoms with E-state index >= 15 is 0 Å². The van der Waals surface area contributed by atoms with Crippen LogP contribution in [-0.2, 0) is 11.3 Å². The molecule has 2 atom stereocenters. The lowest BCUT2D eigenvalue weighted by Crippen LogP contribution is -3.29. The van der Waals surface area contributed by atoms with Crippen LogP contribution in [0.3, 0.4) is 0 Å². The van der Waals surface area contributed by atoms with Gasteiger partial charge in [0.1, 0.15) is 32.7 Å². The SMILES string of the molecule is C[C@H](NC(=O)[C@H](C)[NH+]1CC[NH+](Cc2ccccc2)CC1)c1ccccc1. The number of hydrogen-bond donors (Lipinski definition) is 3. The summed E-state index contributed by atoms with van der Waals surface area (Å²) in [4.78, 5) is 15.7. The predicted molar refractivity (Wildman–Crippen MR) is 104 cm³/mol. The normalized spacial score (nSPS) is 22.4. The van der Waals surface area contributed by atoms with Crippen molar-refractivity contribution >= 4 is 5.91 Å². The van der Waals surface area contributed by atoms with E-state index in [9.17, 15) is 4.79 Å². The summed E-state index contributed by atoms with van der Waals surface area (Å²) in [6.07, 6.45) is 0. The number of amides is 1. The van der Waals surface area contributed by atoms with Crippen LogP contribution < -0.4 is 15.1 Å². The molecule has 4 nitrogen and oxygen atoms in total. The smallest absolute Gasteiger partial charge is 0.278 e. The molecule has 0 spiro atoms. The van der Waals surface area contributed by atoms with Gasteiger partial charge >= 0.3 is 0 Å². The van der Waals surface area contributed by atoms with Crippen molar-refractivity contribution in [2.75, 3.05) is 26.2 Å². The summed E-state index contributed by atoms with van der Waals surface area (Å²) < 4.78 is 0. The van der Waals surface area contributed by atoms with Crippen molar-refractivity contribution in [1.82, 2.24) is 5.32 Å². The molecule has 3 N–H and O–H groups in total. The third-order valence-electron chi connectivity index (χ3n) is 5.56. The summed E-state index contributed by atoms with van der Waals surface area (Å²) in [5, 5.41) is 3.18. The highest BCUT2D eigenvalue weighted by Gasteiger charge is 2.31. The highest BCUT2D eigenvalue weighted by atomic mass is 16.2. The third-order valence-corrected chi connectivity index (χ3v) is 5.56. The number of carbonyl (C=O) groups is 1. The molecule has 1 aliphatic rings. The van der Waals surface area contributed by atoms with Crippen LogP contribution in [0.25, 0.3) is 0 Å². The van der Waals surface area contributed by atoms with Crippen LogP contribution in [0.5, 0.6) is 0 Å². The standard InChI is InChI=1S/C22H29N3O/c1-18(21-11-7-4-8-12-21)23-22(26)19(2)25-15-13-24(14-16-25)17-20-9-5-3-6-10-20/h3-12,18-19H,13-17H2,1-2H3,(H,23,26)/p+2/t18-,19-/m0/s1. The summed E-state index contributed by atoms with van der Waals surface area (Å²) in [6, 6.07) is 20.9. The zero-order valence-electron chi connectivity index (χ0n) is 15.9. The lowest BCUT2D eigenvalue weighted by Gasteiger charge is -2.33. The average molecular weight is 354 g/mol. The van der Waals surface area contributed by atoms with Crippen molar-refractivity contribution in [3.63, 3.8) is 0 Å². The summed E-state index contributed by atoms with van der Waals surface area (Å²) in [7, 11) is 0. The molecule has 0 radical (unpaired) electrons. The molecule has 26 heavy (non-hydrogen) atoms. The van der Waals surface area contributed by atoms with Crippen molar-refractivity contribution in [2.24, 2.45) is 0 Å². The van der Waals surface area contributed by atoms with E-state index in [-0.39, 0.29) is 18.0 Å². The molecule has 0 aromatic heterocycles. The van der Waals surface area contributed by atoms with Crippen LogP contribution >= 0.6 is 0 Å². The van der Waals surface area contributed by atoms with Gasteiger partial charge in [-0.05, 0) is 19.4 Å². The minimum atomic E-state index is -0.000521. The Kier molecular flexibility index (Phi) is 6.42. The van der Waals surface area contributed by atoms with Crippen molar-refractivity contribution in [3.8, 4) is 0 Å². The Balaban J connectivity index is 1.47. The molecule has 0 aliphatic carbocycles. The molecule has 3 rings (SSSR count). The van der Waals surface area contributed by atoms with Gasteiger partial charge in [-0.1, -0.05) is 60.7 Å². The molecular weight excluding hydrogens is 322 g/mol. The Morgan fingerprint density at radius 1 is 0.923 bits per heavy atom. The number of hydrogen-bond acceptors (Lipinski definition) is 1. The fourth-order valence-electron chi connectivity index (χ4n) is 3.77. The van der Waals surface area contributed by atoms with Crippen LogP contribution in [0.1, 0.15) is 31.0 Å². The van der Waals surface area contributed by atoms with Gasteiger partial charge in [0, 0.05) is 5.56 Å². The summed E-state index contributed by atoms with van der Waals surface area (Å²) in [6.45, 7) is 9.54. The van der Waals surface area contributed by atoms with E-state index in [1.165, 1.54) is 10.5 Å². The Hall–Kier alpha value is -2.17. The van der Waals surface area contributed by atoms with Crippen LogP contribution in [-0.4, -0.2) is 38.1 Å². The maximum Gasteiger partial charge on any atom is 0.278 e. The van der Waals surface area contributed by atoms with Crippen molar-refractivity contribution in [3.05, 3.63) is 71.8 Å². The summed E-state index contributed by atoms with van der Waals surface area (Å²) in [5.41, 5.74) is 2.55. The maximum atomic E-state index is 12.7. The number of rotatable bonds is 6. The number of benzene rings is 2. The molecule has 1 fully saturated rings. The minimum absolute atomic E-state index is 0.000521. The molecule has 1 aliphatic heterocycles. The van der Waals surface area contributed by atoms with Gasteiger partial charge in [-0.25, -0.2) is 0 Å². The highest BCUT2D eigenvalue weighted by Crippen LogP contribution is 2.10. The third kappa shape index (κ3) is 4.93. The van der Waals surface area contributed by atoms with Gasteiger partial charge < -0.3 is 15.1 Å². The molecule has 4 heteroatoms. The lowest BCUT2D eigenvalue weighted by molar-refractivity contribution is -1.02. The van der Waals surface area contributed by atoms with Crippen LogP contribution in [0.15, 0.2) is 60.7 Å². The number of quaternary nitrogens is 2. The first kappa shape index (κ1) is 18.6. The molecule has 2 aromatic carbocycles. The van der Waals surface area contributed by atoms with Gasteiger partial charge in [0.2, 0.25) is 0 Å². The fourth-order valence-corrected chi connectivity index (χ4v) is 3.77. The average Bonchev–Trinajstić information content (AvgIpc) is 2.69. The van der Waals surface area contributed by atoms with Gasteiger partial charge in [-0.3, -0.25) is 4.79 Å². The second-order valence-electron chi connectivity index (χ2n) is 7.43. The van der Waals surface area contributed by atoms with Crippen LogP contribution in [0.4, 0.5) is 0 Å². The van der Waals surface area contributed by atoms with E-state index in [2.05, 4.69) is 61.6 Å². The molecule has 0 bridgehead atoms. The second kappa shape index (κ2) is 8.97. The molecule has 1 saturated heterocycles. The topological polar surface area (TPSA) is 38.0 Å². The van der Waals surface area contributed by atoms with E-state index in [0.29, 0.717) is 0 Å². The summed E-state index contributed by atoms with van der Waals surface area (Å²) in [5.74, 6) is 0.155. The first-order valence-corrected chi connectivity index (χ1v) is 9.71. The van der Waals surface area contributed by atoms with E-state index in [1.54, 1.807) is 4.90 Å². The Labute approximate surface area is 156 Å². The molecule has 1 heterocycles. The first-order chi connectivity index (χ1) is 12.6. The first-order valence-electron chi connectivity index (χ1n) is 9.71. The zero-order chi connectivity index (χ0) is 18.4. The predicted octanol–water partition coefficient (Wildman–Crippen LogP) is 0.236. The van der Waals surface area contributed by atoms with E-state index in [4.69, 9.17) is 0 Å². The molecular formula is C22H31N3O+2. The van der Waals surface area contributed by atoms with Gasteiger partial charge in [0.05, 0.1) is 6.04 Å². The molecule has 0 unspecified atom stereocenters. The van der Waals surface area contributed by atoms with E-state index in [0.717, 1.165) is 38.3 Å². The van der Waals surface area contributed by atoms with Gasteiger partial charge in [-0.2, -0.15) is 0 Å². The molecule has 2 aromatic rings. The Morgan fingerprint density at radius 2 is 1.50 bits per heavy atom. The largest absolute Gasteiger partial charge is 0.344 e. The quantitative estimate of drug-likeness (QED) is 0.684. The van der Waals surface area contributed by atoms with Crippen molar-refractivity contribution < 1.29 is 14.6 Å². The molecule has 138 valence electrons. The number of nitrogens with one attached hydrogen (secondary N) is 3. The monoisotopic (exact) mass is 353 g/mol. The van der Waals surface area contributed by atoms with E-state index < -0.39 is 0 Å². The summed E-state index contributed by atoms with van der Waals surface area (Å²) >= 11 is 0. The Bertz CT molecular complexity index is 681.